The van der Waals surface area contributed by atoms with Crippen LogP contribution < -0.4 is 16.8 Å². The second kappa shape index (κ2) is 10.8. The van der Waals surface area contributed by atoms with E-state index in [0.717, 1.165) is 31.8 Å². The van der Waals surface area contributed by atoms with Crippen molar-refractivity contribution in [2.24, 2.45) is 17.4 Å². The molecule has 6 nitrogen and oxygen atoms in total. The molecule has 0 spiro atoms. The number of nitrogens with two attached hydrogens (primary N) is 2. The fourth-order valence-electron chi connectivity index (χ4n) is 2.22. The van der Waals surface area contributed by atoms with E-state index in [1.54, 1.807) is 0 Å². The van der Waals surface area contributed by atoms with Gasteiger partial charge in [0.05, 0.1) is 0 Å². The third kappa shape index (κ3) is 7.81. The summed E-state index contributed by atoms with van der Waals surface area (Å²) in [7, 11) is 0. The average molecular weight is 311 g/mol. The summed E-state index contributed by atoms with van der Waals surface area (Å²) < 4.78 is 0. The minimum Gasteiger partial charge on any atom is -0.394 e. The lowest BCUT2D eigenvalue weighted by Crippen LogP contribution is -2.49. The van der Waals surface area contributed by atoms with E-state index in [-0.39, 0.29) is 17.4 Å². The van der Waals surface area contributed by atoms with Gasteiger partial charge in [0.2, 0.25) is 5.91 Å². The number of hydrogen-bond donors (Lipinski definition) is 3. The molecule has 1 saturated carbocycles. The van der Waals surface area contributed by atoms with E-state index in [1.165, 1.54) is 19.8 Å². The van der Waals surface area contributed by atoms with Crippen LogP contribution in [0.1, 0.15) is 59.3 Å². The summed E-state index contributed by atoms with van der Waals surface area (Å²) in [6.07, 6.45) is 7.46. The molecule has 0 aromatic rings. The van der Waals surface area contributed by atoms with Crippen LogP contribution in [0, 0.1) is 5.92 Å². The first-order valence-corrected chi connectivity index (χ1v) is 7.91. The maximum atomic E-state index is 11.7. The van der Waals surface area contributed by atoms with Crippen molar-refractivity contribution in [2.75, 3.05) is 0 Å². The van der Waals surface area contributed by atoms with E-state index in [2.05, 4.69) is 19.2 Å². The fourth-order valence-corrected chi connectivity index (χ4v) is 2.22. The predicted octanol–water partition coefficient (Wildman–Crippen LogP) is 1.38. The molecule has 0 heterocycles. The van der Waals surface area contributed by atoms with Gasteiger partial charge in [-0.25, -0.2) is 0 Å². The number of amides is 2. The van der Waals surface area contributed by atoms with Gasteiger partial charge in [0.25, 0.3) is 5.91 Å². The van der Waals surface area contributed by atoms with Crippen molar-refractivity contribution in [3.8, 4) is 0 Å². The zero-order chi connectivity index (χ0) is 17.1. The number of ketones is 1. The molecule has 126 valence electrons. The first kappa shape index (κ1) is 20.1. The molecule has 0 aliphatic heterocycles. The number of carbonyl (C=O) groups is 3. The van der Waals surface area contributed by atoms with E-state index in [9.17, 15) is 14.4 Å². The standard InChI is InChI=1S/C12H19N3O3.C4H10/c1-7(16)6-9(13)12(18)15-10(11(14)17)8-4-2-3-5-8;1-3-4-2/h6,8,10H,2-5,13H2,1H3,(H2,14,17)(H,15,18);3-4H2,1-2H3/b9-6-;. The summed E-state index contributed by atoms with van der Waals surface area (Å²) in [4.78, 5) is 33.8. The first-order chi connectivity index (χ1) is 10.3. The lowest BCUT2D eigenvalue weighted by Gasteiger charge is -2.21. The molecule has 0 aromatic carbocycles. The van der Waals surface area contributed by atoms with Crippen LogP contribution in [0.5, 0.6) is 0 Å². The molecule has 1 aliphatic rings. The van der Waals surface area contributed by atoms with E-state index in [4.69, 9.17) is 11.5 Å². The molecule has 0 aromatic heterocycles. The highest BCUT2D eigenvalue weighted by atomic mass is 16.2. The average Bonchev–Trinajstić information content (AvgIpc) is 2.97. The summed E-state index contributed by atoms with van der Waals surface area (Å²) in [5.74, 6) is -1.44. The SMILES string of the molecule is CC(=O)/C=C(\N)C(=O)NC(C(N)=O)C1CCCC1.CCCC. The molecule has 6 heteroatoms. The molecule has 1 unspecified atom stereocenters. The van der Waals surface area contributed by atoms with Gasteiger partial charge in [-0.2, -0.15) is 0 Å². The molecule has 1 rings (SSSR count). The smallest absolute Gasteiger partial charge is 0.267 e. The van der Waals surface area contributed by atoms with Crippen LogP contribution in [0.25, 0.3) is 0 Å². The van der Waals surface area contributed by atoms with E-state index in [1.807, 2.05) is 0 Å². The van der Waals surface area contributed by atoms with Gasteiger partial charge in [-0.15, -0.1) is 0 Å². The normalized spacial score (nSPS) is 16.4. The van der Waals surface area contributed by atoms with Crippen molar-refractivity contribution in [3.05, 3.63) is 11.8 Å². The van der Waals surface area contributed by atoms with Gasteiger partial charge in [0, 0.05) is 6.08 Å². The quantitative estimate of drug-likeness (QED) is 0.643. The van der Waals surface area contributed by atoms with E-state index < -0.39 is 17.9 Å². The fraction of sp³-hybridized carbons (Fsp3) is 0.688. The zero-order valence-electron chi connectivity index (χ0n) is 13.9. The zero-order valence-corrected chi connectivity index (χ0v) is 13.9. The molecule has 1 aliphatic carbocycles. The summed E-state index contributed by atoms with van der Waals surface area (Å²) in [6.45, 7) is 5.66. The third-order valence-electron chi connectivity index (χ3n) is 3.59. The molecule has 0 saturated heterocycles. The maximum Gasteiger partial charge on any atom is 0.267 e. The van der Waals surface area contributed by atoms with Crippen molar-refractivity contribution in [2.45, 2.75) is 65.3 Å². The first-order valence-electron chi connectivity index (χ1n) is 7.91. The number of nitrogens with one attached hydrogen (secondary N) is 1. The molecular formula is C16H29N3O3. The minimum atomic E-state index is -0.709. The van der Waals surface area contributed by atoms with Gasteiger partial charge in [0.1, 0.15) is 11.7 Å². The van der Waals surface area contributed by atoms with E-state index in [0.29, 0.717) is 0 Å². The van der Waals surface area contributed by atoms with Crippen molar-refractivity contribution in [1.29, 1.82) is 0 Å². The summed E-state index contributed by atoms with van der Waals surface area (Å²) in [5, 5.41) is 2.50. The topological polar surface area (TPSA) is 115 Å². The number of carbonyl (C=O) groups excluding carboxylic acids is 3. The Hall–Kier alpha value is -1.85. The number of primary amides is 1. The van der Waals surface area contributed by atoms with Gasteiger partial charge in [-0.05, 0) is 25.7 Å². The van der Waals surface area contributed by atoms with Crippen LogP contribution in [-0.2, 0) is 14.4 Å². The summed E-state index contributed by atoms with van der Waals surface area (Å²) >= 11 is 0. The van der Waals surface area contributed by atoms with Crippen LogP contribution in [0.15, 0.2) is 11.8 Å². The molecule has 0 radical (unpaired) electrons. The Balaban J connectivity index is 0.000000980. The van der Waals surface area contributed by atoms with Crippen LogP contribution in [0.2, 0.25) is 0 Å². The monoisotopic (exact) mass is 311 g/mol. The van der Waals surface area contributed by atoms with Crippen LogP contribution in [-0.4, -0.2) is 23.6 Å². The second-order valence-corrected chi connectivity index (χ2v) is 5.61. The molecule has 1 fully saturated rings. The lowest BCUT2D eigenvalue weighted by molar-refractivity contribution is -0.126. The maximum absolute atomic E-state index is 11.7. The Morgan fingerprint density at radius 1 is 1.14 bits per heavy atom. The van der Waals surface area contributed by atoms with Crippen molar-refractivity contribution in [1.82, 2.24) is 5.32 Å². The minimum absolute atomic E-state index is 0.0663. The van der Waals surface area contributed by atoms with Gasteiger partial charge in [-0.3, -0.25) is 14.4 Å². The molecule has 22 heavy (non-hydrogen) atoms. The highest BCUT2D eigenvalue weighted by Gasteiger charge is 2.30. The number of hydrogen-bond acceptors (Lipinski definition) is 4. The van der Waals surface area contributed by atoms with Crippen molar-refractivity contribution in [3.63, 3.8) is 0 Å². The van der Waals surface area contributed by atoms with Crippen molar-refractivity contribution < 1.29 is 14.4 Å². The number of unbranched alkanes of at least 4 members (excludes halogenated alkanes) is 1. The Morgan fingerprint density at radius 3 is 2.00 bits per heavy atom. The van der Waals surface area contributed by atoms with Gasteiger partial charge >= 0.3 is 0 Å². The lowest BCUT2D eigenvalue weighted by atomic mass is 9.97. The highest BCUT2D eigenvalue weighted by Crippen LogP contribution is 2.27. The molecule has 5 N–H and O–H groups in total. The number of rotatable bonds is 6. The van der Waals surface area contributed by atoms with Gasteiger partial charge in [0.15, 0.2) is 5.78 Å². The van der Waals surface area contributed by atoms with Crippen molar-refractivity contribution >= 4 is 17.6 Å². The Morgan fingerprint density at radius 2 is 1.64 bits per heavy atom. The van der Waals surface area contributed by atoms with Crippen LogP contribution in [0.4, 0.5) is 0 Å². The molecule has 0 bridgehead atoms. The van der Waals surface area contributed by atoms with Gasteiger partial charge < -0.3 is 16.8 Å². The Kier molecular flexibility index (Phi) is 9.91. The molecular weight excluding hydrogens is 282 g/mol. The predicted molar refractivity (Wildman–Crippen MR) is 86.6 cm³/mol. The molecule has 2 amide bonds. The highest BCUT2D eigenvalue weighted by molar-refractivity contribution is 6.01. The van der Waals surface area contributed by atoms with Gasteiger partial charge in [-0.1, -0.05) is 39.5 Å². The molecule has 1 atom stereocenters. The van der Waals surface area contributed by atoms with E-state index >= 15 is 0 Å². The third-order valence-corrected chi connectivity index (χ3v) is 3.59. The Labute approximate surface area is 132 Å². The Bertz CT molecular complexity index is 411. The second-order valence-electron chi connectivity index (χ2n) is 5.61. The summed E-state index contributed by atoms with van der Waals surface area (Å²) in [5.41, 5.74) is 10.5. The van der Waals surface area contributed by atoms with Crippen LogP contribution >= 0.6 is 0 Å². The van der Waals surface area contributed by atoms with Crippen LogP contribution in [0.3, 0.4) is 0 Å². The number of allylic oxidation sites excluding steroid dienone is 1. The largest absolute Gasteiger partial charge is 0.394 e. The summed E-state index contributed by atoms with van der Waals surface area (Å²) in [6, 6.07) is -0.709.